The van der Waals surface area contributed by atoms with Gasteiger partial charge < -0.3 is 19.8 Å². The highest BCUT2D eigenvalue weighted by atomic mass is 16.3. The van der Waals surface area contributed by atoms with E-state index in [-0.39, 0.29) is 6.10 Å². The van der Waals surface area contributed by atoms with Gasteiger partial charge in [-0.15, -0.1) is 0 Å². The Kier molecular flexibility index (Phi) is 6.57. The minimum atomic E-state index is -0.0803. The van der Waals surface area contributed by atoms with Gasteiger partial charge in [-0.05, 0) is 34.2 Å². The van der Waals surface area contributed by atoms with Gasteiger partial charge in [0.2, 0.25) is 0 Å². The third-order valence-corrected chi connectivity index (χ3v) is 4.08. The van der Waals surface area contributed by atoms with Gasteiger partial charge in [0, 0.05) is 38.0 Å². The molecule has 4 nitrogen and oxygen atoms in total. The summed E-state index contributed by atoms with van der Waals surface area (Å²) in [6, 6.07) is 0. The lowest BCUT2D eigenvalue weighted by Crippen LogP contribution is -2.34. The molecule has 0 saturated heterocycles. The van der Waals surface area contributed by atoms with Crippen LogP contribution in [-0.2, 0) is 0 Å². The van der Waals surface area contributed by atoms with Gasteiger partial charge in [0.25, 0.3) is 0 Å². The molecule has 1 aliphatic carbocycles. The smallest absolute Gasteiger partial charge is 0.0629 e. The van der Waals surface area contributed by atoms with E-state index in [9.17, 15) is 5.11 Å². The highest BCUT2D eigenvalue weighted by Crippen LogP contribution is 2.39. The average molecular weight is 257 g/mol. The van der Waals surface area contributed by atoms with E-state index in [0.717, 1.165) is 39.3 Å². The fraction of sp³-hybridized carbons (Fsp3) is 1.00. The van der Waals surface area contributed by atoms with E-state index in [1.165, 1.54) is 0 Å². The van der Waals surface area contributed by atoms with E-state index >= 15 is 0 Å². The number of nitrogens with zero attached hydrogens (tertiary/aromatic N) is 3. The van der Waals surface area contributed by atoms with Crippen LogP contribution in [-0.4, -0.2) is 86.3 Å². The zero-order valence-electron chi connectivity index (χ0n) is 12.8. The Morgan fingerprint density at radius 2 is 1.44 bits per heavy atom. The highest BCUT2D eigenvalue weighted by Gasteiger charge is 2.49. The van der Waals surface area contributed by atoms with Crippen molar-refractivity contribution < 1.29 is 5.11 Å². The fourth-order valence-corrected chi connectivity index (χ4v) is 2.64. The Hall–Kier alpha value is -0.160. The van der Waals surface area contributed by atoms with Crippen LogP contribution < -0.4 is 0 Å². The second-order valence-electron chi connectivity index (χ2n) is 5.87. The first kappa shape index (κ1) is 15.9. The topological polar surface area (TPSA) is 30.0 Å². The molecule has 0 heterocycles. The second-order valence-corrected chi connectivity index (χ2v) is 5.87. The third kappa shape index (κ3) is 4.84. The maximum Gasteiger partial charge on any atom is 0.0629 e. The van der Waals surface area contributed by atoms with Gasteiger partial charge in [0.1, 0.15) is 0 Å². The third-order valence-electron chi connectivity index (χ3n) is 4.08. The maximum absolute atomic E-state index is 9.89. The standard InChI is InChI=1S/C14H31N3O/c1-6-17(7-2)9-8-16(5)11-13-12(14(13)18)10-15(3)4/h12-14,18H,6-11H2,1-5H3. The predicted molar refractivity (Wildman–Crippen MR) is 76.8 cm³/mol. The molecule has 0 aromatic carbocycles. The number of aliphatic hydroxyl groups is 1. The van der Waals surface area contributed by atoms with Crippen molar-refractivity contribution in [2.24, 2.45) is 11.8 Å². The van der Waals surface area contributed by atoms with E-state index in [2.05, 4.69) is 49.7 Å². The highest BCUT2D eigenvalue weighted by molar-refractivity contribution is 4.99. The molecule has 3 unspecified atom stereocenters. The molecule has 0 aliphatic heterocycles. The quantitative estimate of drug-likeness (QED) is 0.649. The molecular formula is C14H31N3O. The first-order chi connectivity index (χ1) is 8.49. The summed E-state index contributed by atoms with van der Waals surface area (Å²) in [5.74, 6) is 0.963. The SMILES string of the molecule is CCN(CC)CCN(C)CC1C(O)C1CN(C)C. The minimum Gasteiger partial charge on any atom is -0.392 e. The summed E-state index contributed by atoms with van der Waals surface area (Å²) < 4.78 is 0. The summed E-state index contributed by atoms with van der Waals surface area (Å²) in [6.45, 7) is 10.9. The van der Waals surface area contributed by atoms with Crippen LogP contribution in [0.15, 0.2) is 0 Å². The van der Waals surface area contributed by atoms with Gasteiger partial charge in [0.15, 0.2) is 0 Å². The van der Waals surface area contributed by atoms with Crippen LogP contribution in [0.4, 0.5) is 0 Å². The summed E-state index contributed by atoms with van der Waals surface area (Å²) >= 11 is 0. The lowest BCUT2D eigenvalue weighted by atomic mass is 10.3. The van der Waals surface area contributed by atoms with Crippen molar-refractivity contribution in [3.8, 4) is 0 Å². The first-order valence-corrected chi connectivity index (χ1v) is 7.23. The van der Waals surface area contributed by atoms with Crippen LogP contribution in [0, 0.1) is 11.8 Å². The first-order valence-electron chi connectivity index (χ1n) is 7.23. The normalized spacial score (nSPS) is 27.5. The van der Waals surface area contributed by atoms with Crippen LogP contribution in [0.1, 0.15) is 13.8 Å². The summed E-state index contributed by atoms with van der Waals surface area (Å²) in [5.41, 5.74) is 0. The lowest BCUT2D eigenvalue weighted by molar-refractivity contribution is 0.209. The number of hydrogen-bond donors (Lipinski definition) is 1. The van der Waals surface area contributed by atoms with E-state index in [1.54, 1.807) is 0 Å². The Morgan fingerprint density at radius 1 is 0.889 bits per heavy atom. The number of likely N-dealkylation sites (N-methyl/N-ethyl adjacent to an activating group) is 2. The molecule has 18 heavy (non-hydrogen) atoms. The average Bonchev–Trinajstić information content (AvgIpc) is 2.89. The molecule has 0 spiro atoms. The van der Waals surface area contributed by atoms with Gasteiger partial charge in [-0.1, -0.05) is 13.8 Å². The van der Waals surface area contributed by atoms with Crippen LogP contribution in [0.3, 0.4) is 0 Å². The van der Waals surface area contributed by atoms with Crippen molar-refractivity contribution in [2.45, 2.75) is 20.0 Å². The lowest BCUT2D eigenvalue weighted by Gasteiger charge is -2.23. The molecule has 0 radical (unpaired) electrons. The molecule has 0 aromatic heterocycles. The Morgan fingerprint density at radius 3 is 1.94 bits per heavy atom. The molecule has 0 aromatic rings. The van der Waals surface area contributed by atoms with Crippen LogP contribution in [0.2, 0.25) is 0 Å². The largest absolute Gasteiger partial charge is 0.392 e. The van der Waals surface area contributed by atoms with Crippen molar-refractivity contribution in [3.63, 3.8) is 0 Å². The Bertz CT molecular complexity index is 231. The monoisotopic (exact) mass is 257 g/mol. The molecular weight excluding hydrogens is 226 g/mol. The summed E-state index contributed by atoms with van der Waals surface area (Å²) in [7, 11) is 6.32. The molecule has 1 rings (SSSR count). The zero-order chi connectivity index (χ0) is 13.7. The van der Waals surface area contributed by atoms with Crippen molar-refractivity contribution >= 4 is 0 Å². The Balaban J connectivity index is 2.19. The molecule has 4 heteroatoms. The van der Waals surface area contributed by atoms with E-state index < -0.39 is 0 Å². The predicted octanol–water partition coefficient (Wildman–Crippen LogP) is 0.429. The molecule has 1 saturated carbocycles. The molecule has 1 N–H and O–H groups in total. The number of rotatable bonds is 9. The molecule has 0 bridgehead atoms. The summed E-state index contributed by atoms with van der Waals surface area (Å²) in [6.07, 6.45) is -0.0803. The molecule has 108 valence electrons. The fourth-order valence-electron chi connectivity index (χ4n) is 2.64. The van der Waals surface area contributed by atoms with Crippen LogP contribution in [0.25, 0.3) is 0 Å². The molecule has 3 atom stereocenters. The number of hydrogen-bond acceptors (Lipinski definition) is 4. The summed E-state index contributed by atoms with van der Waals surface area (Å²) in [4.78, 5) is 6.97. The van der Waals surface area contributed by atoms with Gasteiger partial charge >= 0.3 is 0 Å². The zero-order valence-corrected chi connectivity index (χ0v) is 12.8. The van der Waals surface area contributed by atoms with E-state index in [1.807, 2.05) is 0 Å². The van der Waals surface area contributed by atoms with Crippen LogP contribution in [0.5, 0.6) is 0 Å². The van der Waals surface area contributed by atoms with E-state index in [4.69, 9.17) is 0 Å². The number of aliphatic hydroxyl groups excluding tert-OH is 1. The maximum atomic E-state index is 9.89. The van der Waals surface area contributed by atoms with Crippen LogP contribution >= 0.6 is 0 Å². The molecule has 0 amide bonds. The second kappa shape index (κ2) is 7.43. The molecule has 1 fully saturated rings. The summed E-state index contributed by atoms with van der Waals surface area (Å²) in [5, 5.41) is 9.89. The minimum absolute atomic E-state index is 0.0803. The molecule has 1 aliphatic rings. The van der Waals surface area contributed by atoms with Gasteiger partial charge in [-0.2, -0.15) is 0 Å². The van der Waals surface area contributed by atoms with Gasteiger partial charge in [-0.3, -0.25) is 0 Å². The van der Waals surface area contributed by atoms with Crippen molar-refractivity contribution in [1.29, 1.82) is 0 Å². The van der Waals surface area contributed by atoms with Crippen molar-refractivity contribution in [1.82, 2.24) is 14.7 Å². The van der Waals surface area contributed by atoms with Crippen molar-refractivity contribution in [3.05, 3.63) is 0 Å². The van der Waals surface area contributed by atoms with Gasteiger partial charge in [0.05, 0.1) is 6.10 Å². The van der Waals surface area contributed by atoms with E-state index in [0.29, 0.717) is 11.8 Å². The van der Waals surface area contributed by atoms with Gasteiger partial charge in [-0.25, -0.2) is 0 Å². The van der Waals surface area contributed by atoms with Crippen molar-refractivity contribution in [2.75, 3.05) is 60.4 Å². The Labute approximate surface area is 113 Å².